The lowest BCUT2D eigenvalue weighted by atomic mass is 10.1. The zero-order chi connectivity index (χ0) is 15.1. The van der Waals surface area contributed by atoms with Crippen LogP contribution in [0, 0.1) is 0 Å². The fourth-order valence-corrected chi connectivity index (χ4v) is 1.69. The van der Waals surface area contributed by atoms with Gasteiger partial charge in [0.25, 0.3) is 0 Å². The Bertz CT molecular complexity index is 496. The topological polar surface area (TPSA) is 115 Å². The first-order chi connectivity index (χ1) is 9.38. The van der Waals surface area contributed by atoms with Gasteiger partial charge in [0.15, 0.2) is 0 Å². The summed E-state index contributed by atoms with van der Waals surface area (Å²) in [6, 6.07) is 6.34. The van der Waals surface area contributed by atoms with E-state index in [0.717, 1.165) is 0 Å². The molecule has 7 heteroatoms. The van der Waals surface area contributed by atoms with Gasteiger partial charge in [0.2, 0.25) is 0 Å². The Kier molecular flexibility index (Phi) is 5.52. The Labute approximate surface area is 115 Å². The maximum absolute atomic E-state index is 10.8. The van der Waals surface area contributed by atoms with Crippen LogP contribution in [0.1, 0.15) is 12.0 Å². The Morgan fingerprint density at radius 1 is 0.900 bits per heavy atom. The number of aliphatic carboxylic acids is 3. The molecule has 0 saturated heterocycles. The molecule has 0 aliphatic rings. The summed E-state index contributed by atoms with van der Waals surface area (Å²) in [5, 5.41) is 26.1. The number of hydrogen-bond donors (Lipinski definition) is 3. The average molecular weight is 281 g/mol. The monoisotopic (exact) mass is 281 g/mol. The van der Waals surface area contributed by atoms with Crippen LogP contribution in [0.2, 0.25) is 0 Å². The van der Waals surface area contributed by atoms with Gasteiger partial charge in [0, 0.05) is 12.2 Å². The second-order valence-corrected chi connectivity index (χ2v) is 4.20. The number of anilines is 1. The highest BCUT2D eigenvalue weighted by atomic mass is 16.4. The van der Waals surface area contributed by atoms with E-state index in [-0.39, 0.29) is 25.9 Å². The lowest BCUT2D eigenvalue weighted by Gasteiger charge is -2.22. The molecule has 1 aromatic carbocycles. The molecule has 0 unspecified atom stereocenters. The second-order valence-electron chi connectivity index (χ2n) is 4.20. The summed E-state index contributed by atoms with van der Waals surface area (Å²) in [6.07, 6.45) is -0.293. The number of benzene rings is 1. The van der Waals surface area contributed by atoms with Gasteiger partial charge in [-0.05, 0) is 17.7 Å². The normalized spacial score (nSPS) is 10.0. The number of nitrogens with zero attached hydrogens (tertiary/aromatic N) is 1. The quantitative estimate of drug-likeness (QED) is 0.641. The Hall–Kier alpha value is -2.57. The van der Waals surface area contributed by atoms with E-state index in [1.165, 1.54) is 4.90 Å². The molecule has 7 nitrogen and oxygen atoms in total. The van der Waals surface area contributed by atoms with Crippen molar-refractivity contribution in [2.24, 2.45) is 0 Å². The van der Waals surface area contributed by atoms with Gasteiger partial charge in [0.05, 0.1) is 12.8 Å². The predicted molar refractivity (Wildman–Crippen MR) is 69.9 cm³/mol. The van der Waals surface area contributed by atoms with Gasteiger partial charge in [-0.25, -0.2) is 0 Å². The standard InChI is InChI=1S/C13H15NO6/c15-11(16)5-6-14(8-13(19)20)10-3-1-9(2-4-10)7-12(17)18/h1-4H,5-8H2,(H,15,16)(H,17,18)(H,19,20). The Balaban J connectivity index is 2.81. The van der Waals surface area contributed by atoms with E-state index >= 15 is 0 Å². The van der Waals surface area contributed by atoms with Gasteiger partial charge >= 0.3 is 17.9 Å². The van der Waals surface area contributed by atoms with E-state index in [1.807, 2.05) is 0 Å². The van der Waals surface area contributed by atoms with E-state index in [1.54, 1.807) is 24.3 Å². The molecule has 1 aromatic rings. The first kappa shape index (κ1) is 15.5. The smallest absolute Gasteiger partial charge is 0.323 e. The van der Waals surface area contributed by atoms with Crippen LogP contribution in [0.3, 0.4) is 0 Å². The largest absolute Gasteiger partial charge is 0.481 e. The molecule has 0 aliphatic heterocycles. The lowest BCUT2D eigenvalue weighted by molar-refractivity contribution is -0.138. The summed E-state index contributed by atoms with van der Waals surface area (Å²) in [7, 11) is 0. The predicted octanol–water partition coefficient (Wildman–Crippen LogP) is 0.679. The summed E-state index contributed by atoms with van der Waals surface area (Å²) in [5.41, 5.74) is 1.14. The minimum Gasteiger partial charge on any atom is -0.481 e. The van der Waals surface area contributed by atoms with Crippen molar-refractivity contribution in [3.8, 4) is 0 Å². The third-order valence-corrected chi connectivity index (χ3v) is 2.58. The van der Waals surface area contributed by atoms with Gasteiger partial charge in [0.1, 0.15) is 6.54 Å². The van der Waals surface area contributed by atoms with Crippen LogP contribution in [0.15, 0.2) is 24.3 Å². The zero-order valence-electron chi connectivity index (χ0n) is 10.7. The molecular weight excluding hydrogens is 266 g/mol. The maximum Gasteiger partial charge on any atom is 0.323 e. The van der Waals surface area contributed by atoms with E-state index in [9.17, 15) is 14.4 Å². The fourth-order valence-electron chi connectivity index (χ4n) is 1.69. The number of carbonyl (C=O) groups is 3. The maximum atomic E-state index is 10.8. The molecule has 3 N–H and O–H groups in total. The summed E-state index contributed by atoms with van der Waals surface area (Å²) in [6.45, 7) is -0.245. The Morgan fingerprint density at radius 3 is 1.95 bits per heavy atom. The molecule has 0 aromatic heterocycles. The van der Waals surface area contributed by atoms with E-state index in [0.29, 0.717) is 11.3 Å². The summed E-state index contributed by atoms with van der Waals surface area (Å²) in [5.74, 6) is -3.03. The van der Waals surface area contributed by atoms with Crippen LogP contribution in [0.25, 0.3) is 0 Å². The van der Waals surface area contributed by atoms with Crippen molar-refractivity contribution in [2.45, 2.75) is 12.8 Å². The van der Waals surface area contributed by atoms with Gasteiger partial charge in [-0.2, -0.15) is 0 Å². The minimum absolute atomic E-state index is 0.0694. The van der Waals surface area contributed by atoms with Gasteiger partial charge in [-0.3, -0.25) is 14.4 Å². The first-order valence-electron chi connectivity index (χ1n) is 5.87. The molecule has 0 atom stereocenters. The van der Waals surface area contributed by atoms with Crippen molar-refractivity contribution in [3.63, 3.8) is 0 Å². The van der Waals surface area contributed by atoms with Crippen molar-refractivity contribution in [3.05, 3.63) is 29.8 Å². The number of rotatable bonds is 8. The fraction of sp³-hybridized carbons (Fsp3) is 0.308. The Morgan fingerprint density at radius 2 is 1.50 bits per heavy atom. The highest BCUT2D eigenvalue weighted by Crippen LogP contribution is 2.16. The van der Waals surface area contributed by atoms with Crippen LogP contribution in [0.4, 0.5) is 5.69 Å². The third-order valence-electron chi connectivity index (χ3n) is 2.58. The molecule has 0 fully saturated rings. The van der Waals surface area contributed by atoms with Crippen LogP contribution >= 0.6 is 0 Å². The van der Waals surface area contributed by atoms with Crippen LogP contribution in [0.5, 0.6) is 0 Å². The molecular formula is C13H15NO6. The van der Waals surface area contributed by atoms with Crippen molar-refractivity contribution in [1.82, 2.24) is 0 Å². The lowest BCUT2D eigenvalue weighted by Crippen LogP contribution is -2.31. The van der Waals surface area contributed by atoms with Gasteiger partial charge in [-0.15, -0.1) is 0 Å². The van der Waals surface area contributed by atoms with E-state index in [2.05, 4.69) is 0 Å². The highest BCUT2D eigenvalue weighted by molar-refractivity contribution is 5.75. The SMILES string of the molecule is O=C(O)CCN(CC(=O)O)c1ccc(CC(=O)O)cc1. The molecule has 0 aliphatic carbocycles. The molecule has 0 radical (unpaired) electrons. The highest BCUT2D eigenvalue weighted by Gasteiger charge is 2.12. The van der Waals surface area contributed by atoms with Crippen LogP contribution in [-0.2, 0) is 20.8 Å². The molecule has 108 valence electrons. The molecule has 0 saturated carbocycles. The summed E-state index contributed by atoms with van der Waals surface area (Å²) < 4.78 is 0. The molecule has 0 bridgehead atoms. The molecule has 1 rings (SSSR count). The molecule has 0 spiro atoms. The van der Waals surface area contributed by atoms with Gasteiger partial charge in [-0.1, -0.05) is 12.1 Å². The minimum atomic E-state index is -1.06. The molecule has 0 heterocycles. The summed E-state index contributed by atoms with van der Waals surface area (Å²) in [4.78, 5) is 33.3. The van der Waals surface area contributed by atoms with Crippen molar-refractivity contribution in [1.29, 1.82) is 0 Å². The summed E-state index contributed by atoms with van der Waals surface area (Å²) >= 11 is 0. The van der Waals surface area contributed by atoms with Crippen molar-refractivity contribution < 1.29 is 29.7 Å². The number of carboxylic acid groups (broad SMARTS) is 3. The first-order valence-corrected chi connectivity index (χ1v) is 5.87. The van der Waals surface area contributed by atoms with E-state index < -0.39 is 17.9 Å². The average Bonchev–Trinajstić information content (AvgIpc) is 2.34. The van der Waals surface area contributed by atoms with Gasteiger partial charge < -0.3 is 20.2 Å². The molecule has 0 amide bonds. The zero-order valence-corrected chi connectivity index (χ0v) is 10.7. The van der Waals surface area contributed by atoms with Crippen molar-refractivity contribution in [2.75, 3.05) is 18.0 Å². The van der Waals surface area contributed by atoms with Crippen molar-refractivity contribution >= 4 is 23.6 Å². The van der Waals surface area contributed by atoms with Crippen LogP contribution < -0.4 is 4.90 Å². The second kappa shape index (κ2) is 7.13. The van der Waals surface area contributed by atoms with Crippen LogP contribution in [-0.4, -0.2) is 46.3 Å². The number of hydrogen-bond acceptors (Lipinski definition) is 4. The molecule has 20 heavy (non-hydrogen) atoms. The van der Waals surface area contributed by atoms with E-state index in [4.69, 9.17) is 15.3 Å². The number of carboxylic acids is 3. The third kappa shape index (κ3) is 5.38.